The van der Waals surface area contributed by atoms with Crippen molar-refractivity contribution >= 4 is 12.7 Å². The van der Waals surface area contributed by atoms with Crippen molar-refractivity contribution in [3.8, 4) is 17.0 Å². The summed E-state index contributed by atoms with van der Waals surface area (Å²) in [5.74, 6) is 2.11. The fourth-order valence-corrected chi connectivity index (χ4v) is 3.09. The molecule has 0 radical (unpaired) electrons. The normalized spacial score (nSPS) is 21.0. The van der Waals surface area contributed by atoms with Crippen LogP contribution in [0.2, 0.25) is 0 Å². The number of hydrogen-bond acceptors (Lipinski definition) is 5. The van der Waals surface area contributed by atoms with Crippen molar-refractivity contribution in [2.45, 2.75) is 57.7 Å². The Morgan fingerprint density at radius 3 is 2.31 bits per heavy atom. The zero-order valence-corrected chi connectivity index (χ0v) is 16.1. The topological polar surface area (TPSA) is 53.5 Å². The Morgan fingerprint density at radius 1 is 1.04 bits per heavy atom. The summed E-state index contributed by atoms with van der Waals surface area (Å²) in [5, 5.41) is 0. The number of methoxy groups -OCH3 is 1. The molecule has 0 unspecified atom stereocenters. The van der Waals surface area contributed by atoms with Crippen LogP contribution in [0.15, 0.2) is 30.3 Å². The molecule has 1 saturated heterocycles. The molecule has 5 nitrogen and oxygen atoms in total. The molecule has 2 aliphatic rings. The summed E-state index contributed by atoms with van der Waals surface area (Å²) in [6.07, 6.45) is 2.27. The molecule has 0 N–H and O–H groups in total. The molecule has 1 aliphatic heterocycles. The van der Waals surface area contributed by atoms with E-state index in [0.717, 1.165) is 41.3 Å². The summed E-state index contributed by atoms with van der Waals surface area (Å²) in [6, 6.07) is 9.88. The molecule has 2 fully saturated rings. The number of rotatable bonds is 4. The molecule has 0 atom stereocenters. The van der Waals surface area contributed by atoms with E-state index in [1.807, 2.05) is 30.3 Å². The van der Waals surface area contributed by atoms with Gasteiger partial charge in [0.2, 0.25) is 0 Å². The van der Waals surface area contributed by atoms with Crippen LogP contribution in [-0.4, -0.2) is 35.4 Å². The Labute approximate surface area is 155 Å². The van der Waals surface area contributed by atoms with Crippen LogP contribution in [0.1, 0.15) is 52.3 Å². The highest BCUT2D eigenvalue weighted by Crippen LogP contribution is 2.40. The number of para-hydroxylation sites is 1. The van der Waals surface area contributed by atoms with Gasteiger partial charge in [0, 0.05) is 11.5 Å². The van der Waals surface area contributed by atoms with Crippen molar-refractivity contribution in [2.75, 3.05) is 7.11 Å². The fraction of sp³-hybridized carbons (Fsp3) is 0.500. The minimum Gasteiger partial charge on any atom is -0.496 e. The fourth-order valence-electron chi connectivity index (χ4n) is 3.09. The Balaban J connectivity index is 1.78. The summed E-state index contributed by atoms with van der Waals surface area (Å²) < 4.78 is 17.9. The molecular formula is C20H25BN2O3. The highest BCUT2D eigenvalue weighted by atomic mass is 16.7. The van der Waals surface area contributed by atoms with E-state index in [9.17, 15) is 0 Å². The van der Waals surface area contributed by atoms with Gasteiger partial charge in [0.25, 0.3) is 0 Å². The predicted molar refractivity (Wildman–Crippen MR) is 102 cm³/mol. The van der Waals surface area contributed by atoms with Crippen molar-refractivity contribution in [2.24, 2.45) is 0 Å². The third-order valence-corrected chi connectivity index (χ3v) is 5.58. The van der Waals surface area contributed by atoms with E-state index < -0.39 is 18.3 Å². The second-order valence-electron chi connectivity index (χ2n) is 8.10. The van der Waals surface area contributed by atoms with Gasteiger partial charge in [-0.25, -0.2) is 9.97 Å². The van der Waals surface area contributed by atoms with Crippen LogP contribution in [-0.2, 0) is 9.31 Å². The number of benzene rings is 1. The van der Waals surface area contributed by atoms with E-state index in [-0.39, 0.29) is 0 Å². The molecule has 26 heavy (non-hydrogen) atoms. The zero-order chi connectivity index (χ0) is 18.5. The smallest absolute Gasteiger partial charge is 0.496 e. The largest absolute Gasteiger partial charge is 0.514 e. The Hall–Kier alpha value is -1.92. The van der Waals surface area contributed by atoms with Gasteiger partial charge in [-0.1, -0.05) is 12.1 Å². The lowest BCUT2D eigenvalue weighted by atomic mass is 9.83. The van der Waals surface area contributed by atoms with Crippen LogP contribution in [0, 0.1) is 0 Å². The second-order valence-corrected chi connectivity index (χ2v) is 8.10. The molecule has 0 bridgehead atoms. The average Bonchev–Trinajstić information content (AvgIpc) is 3.42. The van der Waals surface area contributed by atoms with Crippen molar-refractivity contribution in [1.29, 1.82) is 0 Å². The summed E-state index contributed by atoms with van der Waals surface area (Å²) in [5.41, 5.74) is 1.79. The molecule has 0 amide bonds. The highest BCUT2D eigenvalue weighted by Gasteiger charge is 2.52. The summed E-state index contributed by atoms with van der Waals surface area (Å²) in [4.78, 5) is 9.60. The van der Waals surface area contributed by atoms with E-state index in [1.54, 1.807) is 7.11 Å². The maximum atomic E-state index is 6.21. The van der Waals surface area contributed by atoms with Gasteiger partial charge in [0.15, 0.2) is 0 Å². The monoisotopic (exact) mass is 352 g/mol. The number of aromatic nitrogens is 2. The lowest BCUT2D eigenvalue weighted by Crippen LogP contribution is -2.41. The Bertz CT molecular complexity index is 818. The first kappa shape index (κ1) is 17.5. The van der Waals surface area contributed by atoms with Crippen molar-refractivity contribution in [3.05, 3.63) is 36.2 Å². The average molecular weight is 352 g/mol. The maximum absolute atomic E-state index is 6.21. The van der Waals surface area contributed by atoms with E-state index in [1.165, 1.54) is 0 Å². The minimum absolute atomic E-state index is 0.396. The van der Waals surface area contributed by atoms with Crippen LogP contribution in [0.25, 0.3) is 11.3 Å². The van der Waals surface area contributed by atoms with Crippen molar-refractivity contribution < 1.29 is 14.0 Å². The quantitative estimate of drug-likeness (QED) is 0.790. The van der Waals surface area contributed by atoms with Gasteiger partial charge >= 0.3 is 7.12 Å². The van der Waals surface area contributed by atoms with E-state index in [4.69, 9.17) is 24.0 Å². The standard InChI is InChI=1S/C20H25BN2O3/c1-19(2)20(3,4)26-21(25-19)17-12-15(22-18(23-17)13-10-11-13)14-8-6-7-9-16(14)24-5/h6-9,12-13H,10-11H2,1-5H3. The van der Waals surface area contributed by atoms with Crippen LogP contribution in [0.5, 0.6) is 5.75 Å². The first-order chi connectivity index (χ1) is 12.3. The maximum Gasteiger partial charge on any atom is 0.514 e. The molecule has 2 heterocycles. The molecule has 1 aromatic heterocycles. The third kappa shape index (κ3) is 3.01. The lowest BCUT2D eigenvalue weighted by Gasteiger charge is -2.32. The van der Waals surface area contributed by atoms with E-state index in [0.29, 0.717) is 5.92 Å². The molecular weight excluding hydrogens is 327 g/mol. The van der Waals surface area contributed by atoms with Gasteiger partial charge in [-0.05, 0) is 58.7 Å². The molecule has 1 saturated carbocycles. The molecule has 0 spiro atoms. The van der Waals surface area contributed by atoms with Crippen LogP contribution in [0.4, 0.5) is 0 Å². The summed E-state index contributed by atoms with van der Waals surface area (Å²) in [7, 11) is 1.19. The number of nitrogens with zero attached hydrogens (tertiary/aromatic N) is 2. The molecule has 1 aliphatic carbocycles. The van der Waals surface area contributed by atoms with Gasteiger partial charge in [-0.15, -0.1) is 0 Å². The minimum atomic E-state index is -0.492. The zero-order valence-electron chi connectivity index (χ0n) is 16.1. The molecule has 4 rings (SSSR count). The summed E-state index contributed by atoms with van der Waals surface area (Å²) >= 11 is 0. The number of hydrogen-bond donors (Lipinski definition) is 0. The first-order valence-electron chi connectivity index (χ1n) is 9.18. The SMILES string of the molecule is COc1ccccc1-c1cc(B2OC(C)(C)C(C)(C)O2)nc(C2CC2)n1. The first-order valence-corrected chi connectivity index (χ1v) is 9.18. The van der Waals surface area contributed by atoms with Crippen LogP contribution >= 0.6 is 0 Å². The van der Waals surface area contributed by atoms with Gasteiger partial charge in [-0.3, -0.25) is 0 Å². The number of ether oxygens (including phenoxy) is 1. The Morgan fingerprint density at radius 2 is 1.69 bits per heavy atom. The molecule has 1 aromatic carbocycles. The molecule has 2 aromatic rings. The van der Waals surface area contributed by atoms with Gasteiger partial charge in [0.1, 0.15) is 11.6 Å². The molecule has 6 heteroatoms. The van der Waals surface area contributed by atoms with E-state index in [2.05, 4.69) is 27.7 Å². The van der Waals surface area contributed by atoms with Gasteiger partial charge in [-0.2, -0.15) is 0 Å². The second kappa shape index (κ2) is 6.07. The van der Waals surface area contributed by atoms with Crippen molar-refractivity contribution in [1.82, 2.24) is 9.97 Å². The van der Waals surface area contributed by atoms with Gasteiger partial charge in [0.05, 0.1) is 29.6 Å². The van der Waals surface area contributed by atoms with Crippen LogP contribution in [0.3, 0.4) is 0 Å². The van der Waals surface area contributed by atoms with E-state index >= 15 is 0 Å². The van der Waals surface area contributed by atoms with Gasteiger partial charge < -0.3 is 14.0 Å². The van der Waals surface area contributed by atoms with Crippen LogP contribution < -0.4 is 10.3 Å². The lowest BCUT2D eigenvalue weighted by molar-refractivity contribution is 0.00578. The highest BCUT2D eigenvalue weighted by molar-refractivity contribution is 6.61. The van der Waals surface area contributed by atoms with Crippen molar-refractivity contribution in [3.63, 3.8) is 0 Å². The summed E-state index contributed by atoms with van der Waals surface area (Å²) in [6.45, 7) is 8.21. The predicted octanol–water partition coefficient (Wildman–Crippen LogP) is 3.33. The molecule has 136 valence electrons. The Kier molecular flexibility index (Phi) is 4.08. The third-order valence-electron chi connectivity index (χ3n) is 5.58.